The normalized spacial score (nSPS) is 13.7. The van der Waals surface area contributed by atoms with E-state index in [9.17, 15) is 9.90 Å². The highest BCUT2D eigenvalue weighted by Gasteiger charge is 2.27. The first kappa shape index (κ1) is 12.1. The largest absolute Gasteiger partial charge is 0.440 e. The highest BCUT2D eigenvalue weighted by molar-refractivity contribution is 6.29. The van der Waals surface area contributed by atoms with Gasteiger partial charge in [-0.1, -0.05) is 0 Å². The van der Waals surface area contributed by atoms with Crippen LogP contribution in [-0.4, -0.2) is 22.7 Å². The van der Waals surface area contributed by atoms with Crippen molar-refractivity contribution in [2.75, 3.05) is 0 Å². The number of furan rings is 1. The lowest BCUT2D eigenvalue weighted by Gasteiger charge is -2.28. The van der Waals surface area contributed by atoms with Gasteiger partial charge in [0, 0.05) is 0 Å². The molecule has 1 rings (SSSR count). The lowest BCUT2D eigenvalue weighted by atomic mass is 9.99. The van der Waals surface area contributed by atoms with Crippen LogP contribution in [0, 0.1) is 0 Å². The number of nitrogens with one attached hydrogen (secondary N) is 1. The zero-order chi connectivity index (χ0) is 11.6. The molecule has 2 N–H and O–H groups in total. The Bertz CT molecular complexity index is 357. The van der Waals surface area contributed by atoms with Crippen molar-refractivity contribution in [2.45, 2.75) is 32.4 Å². The molecule has 0 radical (unpaired) electrons. The van der Waals surface area contributed by atoms with Crippen molar-refractivity contribution in [3.8, 4) is 0 Å². The highest BCUT2D eigenvalue weighted by Crippen LogP contribution is 2.15. The van der Waals surface area contributed by atoms with E-state index in [0.29, 0.717) is 0 Å². The van der Waals surface area contributed by atoms with Gasteiger partial charge in [-0.3, -0.25) is 4.79 Å². The summed E-state index contributed by atoms with van der Waals surface area (Å²) in [4.78, 5) is 11.6. The van der Waals surface area contributed by atoms with Gasteiger partial charge in [-0.15, -0.1) is 0 Å². The maximum atomic E-state index is 11.6. The van der Waals surface area contributed by atoms with Crippen LogP contribution in [-0.2, 0) is 0 Å². The van der Waals surface area contributed by atoms with E-state index < -0.39 is 17.6 Å². The maximum absolute atomic E-state index is 11.6. The average molecular weight is 232 g/mol. The molecular weight excluding hydrogens is 218 g/mol. The minimum atomic E-state index is -0.712. The van der Waals surface area contributed by atoms with Crippen molar-refractivity contribution in [3.63, 3.8) is 0 Å². The van der Waals surface area contributed by atoms with Crippen LogP contribution in [0.15, 0.2) is 16.5 Å². The monoisotopic (exact) mass is 231 g/mol. The number of carbonyl (C=O) groups is 1. The zero-order valence-corrected chi connectivity index (χ0v) is 9.63. The minimum Gasteiger partial charge on any atom is -0.440 e. The van der Waals surface area contributed by atoms with E-state index in [1.165, 1.54) is 12.1 Å². The van der Waals surface area contributed by atoms with Gasteiger partial charge in [-0.2, -0.15) is 0 Å². The fourth-order valence-corrected chi connectivity index (χ4v) is 1.04. The quantitative estimate of drug-likeness (QED) is 0.834. The smallest absolute Gasteiger partial charge is 0.287 e. The third-order valence-electron chi connectivity index (χ3n) is 2.28. The van der Waals surface area contributed by atoms with Crippen LogP contribution >= 0.6 is 11.6 Å². The van der Waals surface area contributed by atoms with E-state index in [4.69, 9.17) is 16.0 Å². The molecule has 0 aliphatic heterocycles. The topological polar surface area (TPSA) is 62.5 Å². The van der Waals surface area contributed by atoms with Gasteiger partial charge in [-0.25, -0.2) is 0 Å². The number of hydrogen-bond donors (Lipinski definition) is 2. The van der Waals surface area contributed by atoms with E-state index >= 15 is 0 Å². The summed E-state index contributed by atoms with van der Waals surface area (Å²) in [6, 6.07) is 2.97. The molecular formula is C10H14ClNO3. The van der Waals surface area contributed by atoms with Crippen molar-refractivity contribution in [1.82, 2.24) is 5.32 Å². The van der Waals surface area contributed by atoms with Gasteiger partial charge in [0.2, 0.25) is 0 Å². The zero-order valence-electron chi connectivity index (χ0n) is 8.87. The number of carbonyl (C=O) groups excluding carboxylic acids is 1. The van der Waals surface area contributed by atoms with Crippen LogP contribution in [0.5, 0.6) is 0 Å². The van der Waals surface area contributed by atoms with Crippen molar-refractivity contribution in [3.05, 3.63) is 23.1 Å². The van der Waals surface area contributed by atoms with E-state index in [1.807, 2.05) is 0 Å². The third kappa shape index (κ3) is 2.97. The fourth-order valence-electron chi connectivity index (χ4n) is 0.895. The second-order valence-corrected chi connectivity index (χ2v) is 4.33. The summed E-state index contributed by atoms with van der Waals surface area (Å²) in [5.74, 6) is -0.262. The van der Waals surface area contributed by atoms with Crippen molar-refractivity contribution in [2.24, 2.45) is 0 Å². The number of aliphatic hydroxyl groups is 1. The predicted octanol–water partition coefficient (Wildman–Crippen LogP) is 1.82. The Labute approximate surface area is 93.2 Å². The Morgan fingerprint density at radius 3 is 2.60 bits per heavy atom. The molecule has 4 nitrogen and oxygen atoms in total. The summed E-state index contributed by atoms with van der Waals surface area (Å²) in [6.07, 6.45) is -0.660. The van der Waals surface area contributed by atoms with Crippen LogP contribution in [0.3, 0.4) is 0 Å². The molecule has 84 valence electrons. The average Bonchev–Trinajstić information content (AvgIpc) is 2.50. The number of aliphatic hydroxyl groups excluding tert-OH is 1. The number of amides is 1. The summed E-state index contributed by atoms with van der Waals surface area (Å²) in [6.45, 7) is 5.05. The number of rotatable bonds is 3. The first-order chi connectivity index (χ1) is 6.83. The molecule has 0 aromatic carbocycles. The van der Waals surface area contributed by atoms with Crippen molar-refractivity contribution >= 4 is 17.5 Å². The summed E-state index contributed by atoms with van der Waals surface area (Å²) in [7, 11) is 0. The van der Waals surface area contributed by atoms with Crippen LogP contribution < -0.4 is 5.32 Å². The SMILES string of the molecule is CC(O)C(C)(C)NC(=O)c1ccc(Cl)o1. The molecule has 0 aliphatic rings. The Kier molecular flexibility index (Phi) is 3.42. The van der Waals surface area contributed by atoms with Crippen molar-refractivity contribution in [1.29, 1.82) is 0 Å². The minimum absolute atomic E-state index is 0.133. The van der Waals surface area contributed by atoms with E-state index in [-0.39, 0.29) is 11.0 Å². The lowest BCUT2D eigenvalue weighted by Crippen LogP contribution is -2.50. The lowest BCUT2D eigenvalue weighted by molar-refractivity contribution is 0.0687. The second-order valence-electron chi connectivity index (χ2n) is 3.96. The van der Waals surface area contributed by atoms with E-state index in [2.05, 4.69) is 5.32 Å². The predicted molar refractivity (Wildman–Crippen MR) is 56.9 cm³/mol. The molecule has 1 atom stereocenters. The first-order valence-electron chi connectivity index (χ1n) is 4.59. The molecule has 0 saturated carbocycles. The molecule has 1 aromatic rings. The molecule has 0 fully saturated rings. The molecule has 0 aliphatic carbocycles. The molecule has 5 heteroatoms. The second kappa shape index (κ2) is 4.24. The van der Waals surface area contributed by atoms with Crippen LogP contribution in [0.4, 0.5) is 0 Å². The molecule has 1 aromatic heterocycles. The highest BCUT2D eigenvalue weighted by atomic mass is 35.5. The van der Waals surface area contributed by atoms with Gasteiger partial charge in [0.1, 0.15) is 0 Å². The summed E-state index contributed by atoms with van der Waals surface area (Å²) >= 11 is 5.54. The van der Waals surface area contributed by atoms with Gasteiger partial charge >= 0.3 is 0 Å². The fraction of sp³-hybridized carbons (Fsp3) is 0.500. The standard InChI is InChI=1S/C10H14ClNO3/c1-6(13)10(2,3)12-9(14)7-4-5-8(11)15-7/h4-6,13H,1-3H3,(H,12,14). The van der Waals surface area contributed by atoms with Gasteiger partial charge in [0.15, 0.2) is 11.0 Å². The van der Waals surface area contributed by atoms with Gasteiger partial charge in [0.05, 0.1) is 11.6 Å². The molecule has 1 heterocycles. The van der Waals surface area contributed by atoms with Gasteiger partial charge in [-0.05, 0) is 44.5 Å². The molecule has 0 bridgehead atoms. The molecule has 15 heavy (non-hydrogen) atoms. The first-order valence-corrected chi connectivity index (χ1v) is 4.96. The summed E-state index contributed by atoms with van der Waals surface area (Å²) in [5.41, 5.74) is -0.712. The van der Waals surface area contributed by atoms with E-state index in [1.54, 1.807) is 20.8 Å². The molecule has 1 amide bonds. The summed E-state index contributed by atoms with van der Waals surface area (Å²) in [5, 5.41) is 12.2. The Hall–Kier alpha value is -1.00. The van der Waals surface area contributed by atoms with Gasteiger partial charge in [0.25, 0.3) is 5.91 Å². The van der Waals surface area contributed by atoms with Gasteiger partial charge < -0.3 is 14.8 Å². The molecule has 1 unspecified atom stereocenters. The Morgan fingerprint density at radius 2 is 2.20 bits per heavy atom. The van der Waals surface area contributed by atoms with Crippen LogP contribution in [0.2, 0.25) is 5.22 Å². The molecule has 0 saturated heterocycles. The van der Waals surface area contributed by atoms with Crippen LogP contribution in [0.1, 0.15) is 31.3 Å². The maximum Gasteiger partial charge on any atom is 0.287 e. The van der Waals surface area contributed by atoms with E-state index in [0.717, 1.165) is 0 Å². The number of halogens is 1. The van der Waals surface area contributed by atoms with Crippen LogP contribution in [0.25, 0.3) is 0 Å². The Morgan fingerprint density at radius 1 is 1.60 bits per heavy atom. The Balaban J connectivity index is 2.72. The van der Waals surface area contributed by atoms with Crippen molar-refractivity contribution < 1.29 is 14.3 Å². The molecule has 0 spiro atoms. The summed E-state index contributed by atoms with van der Waals surface area (Å²) < 4.78 is 4.94. The number of hydrogen-bond acceptors (Lipinski definition) is 3. The third-order valence-corrected chi connectivity index (χ3v) is 2.48.